The molecular formula is C20H33BrN2Si. The molecule has 134 valence electrons. The van der Waals surface area contributed by atoms with Crippen LogP contribution in [-0.4, -0.2) is 27.2 Å². The fraction of sp³-hybridized carbons (Fsp3) is 0.600. The smallest absolute Gasteiger partial charge is 0.369 e. The van der Waals surface area contributed by atoms with Gasteiger partial charge in [-0.1, -0.05) is 60.3 Å². The molecule has 0 amide bonds. The number of benzene rings is 1. The van der Waals surface area contributed by atoms with Crippen molar-refractivity contribution in [3.8, 4) is 0 Å². The van der Waals surface area contributed by atoms with E-state index in [0.29, 0.717) is 0 Å². The third-order valence-electron chi connectivity index (χ3n) is 4.57. The summed E-state index contributed by atoms with van der Waals surface area (Å²) in [5.74, 6) is 0. The van der Waals surface area contributed by atoms with Crippen LogP contribution in [0.15, 0.2) is 36.7 Å². The van der Waals surface area contributed by atoms with Gasteiger partial charge in [-0.2, -0.15) is 0 Å². The molecule has 0 atom stereocenters. The Morgan fingerprint density at radius 1 is 0.708 bits per heavy atom. The minimum Gasteiger partial charge on any atom is -0.369 e. The Labute approximate surface area is 157 Å². The van der Waals surface area contributed by atoms with E-state index < -0.39 is 7.02 Å². The summed E-state index contributed by atoms with van der Waals surface area (Å²) in [6, 6.07) is 9.24. The van der Waals surface area contributed by atoms with Gasteiger partial charge in [-0.25, -0.2) is 0 Å². The van der Waals surface area contributed by atoms with Gasteiger partial charge in [-0.3, -0.25) is 0 Å². The van der Waals surface area contributed by atoms with Crippen LogP contribution in [0.2, 0.25) is 0 Å². The van der Waals surface area contributed by atoms with Crippen LogP contribution in [0.3, 0.4) is 0 Å². The van der Waals surface area contributed by atoms with Crippen molar-refractivity contribution < 1.29 is 0 Å². The summed E-state index contributed by atoms with van der Waals surface area (Å²) in [7, 11) is -2.21. The van der Waals surface area contributed by atoms with E-state index >= 15 is 0 Å². The first kappa shape index (κ1) is 19.6. The molecule has 1 aromatic carbocycles. The van der Waals surface area contributed by atoms with E-state index in [1.165, 1.54) is 10.8 Å². The van der Waals surface area contributed by atoms with E-state index in [-0.39, 0.29) is 16.5 Å². The Bertz CT molecular complexity index is 591. The third-order valence-corrected chi connectivity index (χ3v) is 12.2. The summed E-state index contributed by atoms with van der Waals surface area (Å²) >= 11 is 4.26. The monoisotopic (exact) mass is 408 g/mol. The van der Waals surface area contributed by atoms with Gasteiger partial charge in [-0.15, -0.1) is 0 Å². The zero-order valence-electron chi connectivity index (χ0n) is 16.7. The molecule has 0 saturated heterocycles. The van der Waals surface area contributed by atoms with Crippen LogP contribution in [0.5, 0.6) is 0 Å². The van der Waals surface area contributed by atoms with Crippen molar-refractivity contribution in [1.29, 1.82) is 0 Å². The second-order valence-corrected chi connectivity index (χ2v) is 15.8. The van der Waals surface area contributed by atoms with Gasteiger partial charge in [-0.05, 0) is 57.7 Å². The molecule has 0 aromatic heterocycles. The van der Waals surface area contributed by atoms with Crippen molar-refractivity contribution >= 4 is 27.5 Å². The summed E-state index contributed by atoms with van der Waals surface area (Å²) in [6.45, 7) is 20.5. The Morgan fingerprint density at radius 2 is 1.08 bits per heavy atom. The fourth-order valence-corrected chi connectivity index (χ4v) is 11.6. The lowest BCUT2D eigenvalue weighted by Crippen LogP contribution is -2.70. The molecule has 0 fully saturated rings. The highest BCUT2D eigenvalue weighted by atomic mass is 79.9. The molecule has 24 heavy (non-hydrogen) atoms. The summed E-state index contributed by atoms with van der Waals surface area (Å²) < 4.78 is 5.08. The van der Waals surface area contributed by atoms with Crippen LogP contribution in [-0.2, 0) is 5.41 Å². The number of hydrogen-bond acceptors (Lipinski definition) is 2. The molecular weight excluding hydrogens is 376 g/mol. The van der Waals surface area contributed by atoms with Gasteiger partial charge in [0, 0.05) is 23.5 Å². The predicted molar refractivity (Wildman–Crippen MR) is 112 cm³/mol. The minimum atomic E-state index is -2.21. The van der Waals surface area contributed by atoms with Gasteiger partial charge < -0.3 is 9.13 Å². The minimum absolute atomic E-state index is 0.0644. The standard InChI is InChI=1S/C20H33BrN2Si/c1-18(2,3)16-10-12-17(13-11-16)24(21)22(19(4,5)6)14-15-23(24)20(7,8)9/h10-15H,1-9H3. The van der Waals surface area contributed by atoms with Crippen LogP contribution >= 0.6 is 15.3 Å². The highest BCUT2D eigenvalue weighted by Gasteiger charge is 2.54. The molecule has 0 aliphatic carbocycles. The van der Waals surface area contributed by atoms with Crippen LogP contribution in [0.4, 0.5) is 0 Å². The maximum atomic E-state index is 4.26. The van der Waals surface area contributed by atoms with Crippen molar-refractivity contribution in [2.45, 2.75) is 78.8 Å². The molecule has 0 radical (unpaired) electrons. The summed E-state index contributed by atoms with van der Waals surface area (Å²) in [5, 5.41) is 1.39. The van der Waals surface area contributed by atoms with Crippen LogP contribution in [0, 0.1) is 0 Å². The highest BCUT2D eigenvalue weighted by molar-refractivity contribution is 9.26. The lowest BCUT2D eigenvalue weighted by atomic mass is 9.87. The molecule has 1 heterocycles. The van der Waals surface area contributed by atoms with Gasteiger partial charge in [0.2, 0.25) is 0 Å². The first-order valence-corrected chi connectivity index (χ1v) is 12.9. The average molecular weight is 409 g/mol. The Morgan fingerprint density at radius 3 is 1.38 bits per heavy atom. The highest BCUT2D eigenvalue weighted by Crippen LogP contribution is 2.39. The van der Waals surface area contributed by atoms with E-state index in [0.717, 1.165) is 0 Å². The average Bonchev–Trinajstić information content (AvgIpc) is 2.76. The molecule has 0 saturated carbocycles. The summed E-state index contributed by atoms with van der Waals surface area (Å²) in [6.07, 6.45) is 4.54. The molecule has 0 bridgehead atoms. The molecule has 2 rings (SSSR count). The topological polar surface area (TPSA) is 6.48 Å². The second kappa shape index (κ2) is 5.91. The van der Waals surface area contributed by atoms with Crippen molar-refractivity contribution in [2.24, 2.45) is 0 Å². The molecule has 1 aromatic rings. The fourth-order valence-electron chi connectivity index (χ4n) is 3.24. The largest absolute Gasteiger partial charge is 0.372 e. The molecule has 2 nitrogen and oxygen atoms in total. The van der Waals surface area contributed by atoms with Crippen molar-refractivity contribution in [3.63, 3.8) is 0 Å². The van der Waals surface area contributed by atoms with Crippen molar-refractivity contribution in [2.75, 3.05) is 0 Å². The quantitative estimate of drug-likeness (QED) is 0.464. The zero-order valence-corrected chi connectivity index (χ0v) is 19.3. The zero-order chi connectivity index (χ0) is 18.6. The van der Waals surface area contributed by atoms with Gasteiger partial charge >= 0.3 is 7.02 Å². The second-order valence-electron chi connectivity index (χ2n) is 9.79. The summed E-state index contributed by atoms with van der Waals surface area (Å²) in [4.78, 5) is 0. The lowest BCUT2D eigenvalue weighted by Gasteiger charge is -2.49. The van der Waals surface area contributed by atoms with Crippen LogP contribution < -0.4 is 5.19 Å². The number of halogens is 1. The van der Waals surface area contributed by atoms with E-state index in [9.17, 15) is 0 Å². The van der Waals surface area contributed by atoms with E-state index in [1.807, 2.05) is 0 Å². The molecule has 1 aliphatic heterocycles. The maximum Gasteiger partial charge on any atom is 0.372 e. The summed E-state index contributed by atoms with van der Waals surface area (Å²) in [5.41, 5.74) is 1.69. The first-order chi connectivity index (χ1) is 10.7. The molecule has 0 spiro atoms. The number of hydrogen-bond donors (Lipinski definition) is 0. The van der Waals surface area contributed by atoms with Crippen molar-refractivity contribution in [1.82, 2.24) is 9.13 Å². The number of nitrogens with zero attached hydrogens (tertiary/aromatic N) is 2. The van der Waals surface area contributed by atoms with E-state index in [2.05, 4.69) is 123 Å². The van der Waals surface area contributed by atoms with E-state index in [4.69, 9.17) is 0 Å². The Kier molecular flexibility index (Phi) is 4.82. The molecule has 0 N–H and O–H groups in total. The maximum absolute atomic E-state index is 4.26. The molecule has 4 heteroatoms. The first-order valence-electron chi connectivity index (χ1n) is 8.75. The van der Waals surface area contributed by atoms with Crippen LogP contribution in [0.25, 0.3) is 0 Å². The Hall–Kier alpha value is -0.743. The van der Waals surface area contributed by atoms with Gasteiger partial charge in [0.25, 0.3) is 0 Å². The SMILES string of the molecule is CC(C)(C)c1ccc([Si]2(Br)N(C(C)(C)C)C=CN2C(C)(C)C)cc1. The van der Waals surface area contributed by atoms with Gasteiger partial charge in [0.05, 0.1) is 0 Å². The molecule has 0 unspecified atom stereocenters. The molecule has 1 aliphatic rings. The van der Waals surface area contributed by atoms with Crippen molar-refractivity contribution in [3.05, 3.63) is 42.2 Å². The number of rotatable bonds is 1. The predicted octanol–water partition coefficient (Wildman–Crippen LogP) is 5.21. The Balaban J connectivity index is 2.55. The third kappa shape index (κ3) is 3.45. The normalized spacial score (nSPS) is 18.4. The van der Waals surface area contributed by atoms with Gasteiger partial charge in [0.1, 0.15) is 0 Å². The van der Waals surface area contributed by atoms with E-state index in [1.54, 1.807) is 0 Å². The van der Waals surface area contributed by atoms with Crippen LogP contribution in [0.1, 0.15) is 67.9 Å². The lowest BCUT2D eigenvalue weighted by molar-refractivity contribution is 0.282. The van der Waals surface area contributed by atoms with Gasteiger partial charge in [0.15, 0.2) is 0 Å².